The fourth-order valence-corrected chi connectivity index (χ4v) is 2.31. The van der Waals surface area contributed by atoms with Crippen LogP contribution in [0.2, 0.25) is 0 Å². The van der Waals surface area contributed by atoms with Crippen LogP contribution in [0.5, 0.6) is 5.88 Å². The number of halogens is 1. The van der Waals surface area contributed by atoms with Crippen molar-refractivity contribution in [3.8, 4) is 5.88 Å². The quantitative estimate of drug-likeness (QED) is 0.822. The van der Waals surface area contributed by atoms with Crippen molar-refractivity contribution in [2.24, 2.45) is 0 Å². The summed E-state index contributed by atoms with van der Waals surface area (Å²) >= 11 is 2.18. The van der Waals surface area contributed by atoms with E-state index in [4.69, 9.17) is 4.74 Å². The molecule has 1 amide bonds. The van der Waals surface area contributed by atoms with E-state index < -0.39 is 0 Å². The van der Waals surface area contributed by atoms with E-state index in [0.717, 1.165) is 9.13 Å². The number of benzene rings is 1. The van der Waals surface area contributed by atoms with Crippen LogP contribution in [0.15, 0.2) is 36.5 Å². The van der Waals surface area contributed by atoms with Gasteiger partial charge in [-0.15, -0.1) is 0 Å². The van der Waals surface area contributed by atoms with Gasteiger partial charge in [0.15, 0.2) is 0 Å². The summed E-state index contributed by atoms with van der Waals surface area (Å²) < 4.78 is 6.22. The molecule has 0 aliphatic carbocycles. The number of nitrogens with zero attached hydrogens (tertiary/aromatic N) is 1. The summed E-state index contributed by atoms with van der Waals surface area (Å²) in [4.78, 5) is 16.3. The average molecular weight is 382 g/mol. The van der Waals surface area contributed by atoms with Crippen molar-refractivity contribution in [3.05, 3.63) is 51.2 Å². The van der Waals surface area contributed by atoms with Gasteiger partial charge in [0.1, 0.15) is 0 Å². The summed E-state index contributed by atoms with van der Waals surface area (Å²) in [6.45, 7) is 4.45. The minimum atomic E-state index is -0.135. The number of carbonyl (C=O) groups excluding carboxylic acids is 1. The summed E-state index contributed by atoms with van der Waals surface area (Å²) in [7, 11) is 0. The SMILES string of the molecule is CCOc1ccc(NC(=O)c2cccc(C)c2I)cn1. The molecule has 2 aromatic rings. The number of carbonyl (C=O) groups is 1. The molecule has 0 saturated carbocycles. The summed E-state index contributed by atoms with van der Waals surface area (Å²) in [5.74, 6) is 0.416. The molecule has 0 atom stereocenters. The third-order valence-corrected chi connectivity index (χ3v) is 4.15. The number of ether oxygens (including phenoxy) is 1. The molecule has 0 bridgehead atoms. The second kappa shape index (κ2) is 6.69. The molecule has 1 heterocycles. The minimum absolute atomic E-state index is 0.135. The van der Waals surface area contributed by atoms with Crippen LogP contribution in [-0.4, -0.2) is 17.5 Å². The number of hydrogen-bond acceptors (Lipinski definition) is 3. The number of aryl methyl sites for hydroxylation is 1. The summed E-state index contributed by atoms with van der Waals surface area (Å²) in [5.41, 5.74) is 2.40. The van der Waals surface area contributed by atoms with Gasteiger partial charge in [0.25, 0.3) is 5.91 Å². The highest BCUT2D eigenvalue weighted by atomic mass is 127. The monoisotopic (exact) mass is 382 g/mol. The Morgan fingerprint density at radius 1 is 1.35 bits per heavy atom. The first-order valence-corrected chi connectivity index (χ1v) is 7.35. The van der Waals surface area contributed by atoms with Crippen LogP contribution < -0.4 is 10.1 Å². The predicted molar refractivity (Wildman–Crippen MR) is 87.3 cm³/mol. The molecule has 1 aromatic carbocycles. The van der Waals surface area contributed by atoms with Crippen LogP contribution >= 0.6 is 22.6 Å². The standard InChI is InChI=1S/C15H15IN2O2/c1-3-20-13-8-7-11(9-17-13)18-15(19)12-6-4-5-10(2)14(12)16/h4-9H,3H2,1-2H3,(H,18,19). The fourth-order valence-electron chi connectivity index (χ4n) is 1.71. The zero-order valence-corrected chi connectivity index (χ0v) is 13.5. The smallest absolute Gasteiger partial charge is 0.256 e. The van der Waals surface area contributed by atoms with Gasteiger partial charge in [0.2, 0.25) is 5.88 Å². The van der Waals surface area contributed by atoms with Crippen molar-refractivity contribution in [1.29, 1.82) is 0 Å². The van der Waals surface area contributed by atoms with E-state index in [2.05, 4.69) is 32.9 Å². The largest absolute Gasteiger partial charge is 0.478 e. The van der Waals surface area contributed by atoms with Crippen LogP contribution in [0.1, 0.15) is 22.8 Å². The lowest BCUT2D eigenvalue weighted by molar-refractivity contribution is 0.102. The Hall–Kier alpha value is -1.63. The van der Waals surface area contributed by atoms with Crippen molar-refractivity contribution in [1.82, 2.24) is 4.98 Å². The van der Waals surface area contributed by atoms with E-state index in [1.807, 2.05) is 32.0 Å². The van der Waals surface area contributed by atoms with Crippen LogP contribution in [0, 0.1) is 10.5 Å². The van der Waals surface area contributed by atoms with Crippen molar-refractivity contribution >= 4 is 34.2 Å². The third-order valence-electron chi connectivity index (χ3n) is 2.72. The number of anilines is 1. The summed E-state index contributed by atoms with van der Waals surface area (Å²) in [5, 5.41) is 2.83. The number of aromatic nitrogens is 1. The van der Waals surface area contributed by atoms with Crippen LogP contribution in [0.3, 0.4) is 0 Å². The van der Waals surface area contributed by atoms with Crippen LogP contribution in [-0.2, 0) is 0 Å². The average Bonchev–Trinajstić information content (AvgIpc) is 2.44. The molecular weight excluding hydrogens is 367 g/mol. The van der Waals surface area contributed by atoms with Crippen molar-refractivity contribution < 1.29 is 9.53 Å². The van der Waals surface area contributed by atoms with Gasteiger partial charge in [-0.3, -0.25) is 4.79 Å². The molecule has 0 aliphatic rings. The maximum atomic E-state index is 12.2. The lowest BCUT2D eigenvalue weighted by atomic mass is 10.1. The molecule has 0 spiro atoms. The van der Waals surface area contributed by atoms with E-state index in [1.165, 1.54) is 0 Å². The number of amides is 1. The fraction of sp³-hybridized carbons (Fsp3) is 0.200. The van der Waals surface area contributed by atoms with Crippen LogP contribution in [0.4, 0.5) is 5.69 Å². The second-order valence-corrected chi connectivity index (χ2v) is 5.29. The van der Waals surface area contributed by atoms with E-state index in [-0.39, 0.29) is 5.91 Å². The van der Waals surface area contributed by atoms with E-state index in [1.54, 1.807) is 18.3 Å². The third kappa shape index (κ3) is 3.47. The molecule has 4 nitrogen and oxygen atoms in total. The minimum Gasteiger partial charge on any atom is -0.478 e. The highest BCUT2D eigenvalue weighted by Gasteiger charge is 2.11. The Kier molecular flexibility index (Phi) is 4.94. The highest BCUT2D eigenvalue weighted by Crippen LogP contribution is 2.19. The normalized spacial score (nSPS) is 10.2. The van der Waals surface area contributed by atoms with Crippen molar-refractivity contribution in [3.63, 3.8) is 0 Å². The van der Waals surface area contributed by atoms with Crippen molar-refractivity contribution in [2.45, 2.75) is 13.8 Å². The molecule has 1 aromatic heterocycles. The Bertz CT molecular complexity index is 612. The van der Waals surface area contributed by atoms with Gasteiger partial charge in [-0.25, -0.2) is 4.98 Å². The van der Waals surface area contributed by atoms with E-state index >= 15 is 0 Å². The maximum Gasteiger partial charge on any atom is 0.256 e. The van der Waals surface area contributed by atoms with E-state index in [0.29, 0.717) is 23.7 Å². The maximum absolute atomic E-state index is 12.2. The van der Waals surface area contributed by atoms with Gasteiger partial charge < -0.3 is 10.1 Å². The molecule has 0 fully saturated rings. The van der Waals surface area contributed by atoms with Gasteiger partial charge in [0, 0.05) is 9.64 Å². The zero-order chi connectivity index (χ0) is 14.5. The Morgan fingerprint density at radius 3 is 2.80 bits per heavy atom. The zero-order valence-electron chi connectivity index (χ0n) is 11.3. The Labute approximate surface area is 131 Å². The molecule has 104 valence electrons. The van der Waals surface area contributed by atoms with Gasteiger partial charge >= 0.3 is 0 Å². The number of pyridine rings is 1. The molecular formula is C15H15IN2O2. The lowest BCUT2D eigenvalue weighted by Gasteiger charge is -2.09. The first kappa shape index (κ1) is 14.8. The molecule has 0 radical (unpaired) electrons. The first-order valence-electron chi connectivity index (χ1n) is 6.27. The van der Waals surface area contributed by atoms with Crippen molar-refractivity contribution in [2.75, 3.05) is 11.9 Å². The van der Waals surface area contributed by atoms with Gasteiger partial charge in [0.05, 0.1) is 24.1 Å². The molecule has 0 unspecified atom stereocenters. The summed E-state index contributed by atoms with van der Waals surface area (Å²) in [6, 6.07) is 9.19. The molecule has 1 N–H and O–H groups in total. The molecule has 0 aliphatic heterocycles. The topological polar surface area (TPSA) is 51.2 Å². The van der Waals surface area contributed by atoms with Gasteiger partial charge in [-0.05, 0) is 54.1 Å². The number of rotatable bonds is 4. The van der Waals surface area contributed by atoms with Gasteiger partial charge in [-0.1, -0.05) is 12.1 Å². The number of nitrogens with one attached hydrogen (secondary N) is 1. The molecule has 20 heavy (non-hydrogen) atoms. The highest BCUT2D eigenvalue weighted by molar-refractivity contribution is 14.1. The van der Waals surface area contributed by atoms with E-state index in [9.17, 15) is 4.79 Å². The molecule has 5 heteroatoms. The number of hydrogen-bond donors (Lipinski definition) is 1. The van der Waals surface area contributed by atoms with Gasteiger partial charge in [-0.2, -0.15) is 0 Å². The first-order chi connectivity index (χ1) is 9.61. The molecule has 2 rings (SSSR count). The predicted octanol–water partition coefficient (Wildman–Crippen LogP) is 3.65. The van der Waals surface area contributed by atoms with Crippen LogP contribution in [0.25, 0.3) is 0 Å². The second-order valence-electron chi connectivity index (χ2n) is 4.21. The summed E-state index contributed by atoms with van der Waals surface area (Å²) in [6.07, 6.45) is 1.59. The Morgan fingerprint density at radius 2 is 2.15 bits per heavy atom. The molecule has 0 saturated heterocycles. The Balaban J connectivity index is 2.13. The lowest BCUT2D eigenvalue weighted by Crippen LogP contribution is -2.14.